The molecule has 7 nitrogen and oxygen atoms in total. The molecule has 0 saturated heterocycles. The number of benzene rings is 2. The van der Waals surface area contributed by atoms with Gasteiger partial charge < -0.3 is 11.3 Å². The van der Waals surface area contributed by atoms with Crippen LogP contribution in [-0.2, 0) is 13.0 Å². The molecular weight excluding hydrogens is 393 g/mol. The van der Waals surface area contributed by atoms with Gasteiger partial charge in [0.15, 0.2) is 5.84 Å². The van der Waals surface area contributed by atoms with Crippen molar-refractivity contribution in [2.75, 3.05) is 6.67 Å². The Balaban J connectivity index is 0.00000107. The molecule has 2 aromatic carbocycles. The summed E-state index contributed by atoms with van der Waals surface area (Å²) in [6.07, 6.45) is 3.22. The van der Waals surface area contributed by atoms with Gasteiger partial charge in [0.1, 0.15) is 11.6 Å². The summed E-state index contributed by atoms with van der Waals surface area (Å²) in [5.74, 6) is 13.3. The lowest BCUT2D eigenvalue weighted by Crippen LogP contribution is -2.32. The molecule has 0 bridgehead atoms. The molecule has 0 radical (unpaired) electrons. The molecule has 0 saturated carbocycles. The van der Waals surface area contributed by atoms with Gasteiger partial charge in [-0.1, -0.05) is 61.9 Å². The summed E-state index contributed by atoms with van der Waals surface area (Å²) in [4.78, 5) is 4.57. The first-order chi connectivity index (χ1) is 15.1. The number of unbranched alkanes of at least 4 members (excludes halogenated alkanes) is 1. The smallest absolute Gasteiger partial charge is 0.167 e. The molecular formula is C23H32FN7. The van der Waals surface area contributed by atoms with E-state index in [0.29, 0.717) is 12.4 Å². The van der Waals surface area contributed by atoms with Crippen molar-refractivity contribution < 1.29 is 4.39 Å². The molecule has 3 aromatic rings. The number of hydrazine groups is 1. The highest BCUT2D eigenvalue weighted by atomic mass is 19.1. The van der Waals surface area contributed by atoms with Gasteiger partial charge >= 0.3 is 0 Å². The number of halogens is 1. The normalized spacial score (nSPS) is 11.1. The number of amidine groups is 1. The van der Waals surface area contributed by atoms with Gasteiger partial charge in [-0.3, -0.25) is 4.39 Å². The van der Waals surface area contributed by atoms with Crippen molar-refractivity contribution in [2.45, 2.75) is 46.6 Å². The number of hydrazone groups is 1. The first-order valence-electron chi connectivity index (χ1n) is 10.5. The van der Waals surface area contributed by atoms with Crippen molar-refractivity contribution in [2.24, 2.45) is 16.8 Å². The first kappa shape index (κ1) is 24.0. The standard InChI is InChI=1S/C21H27N7.C2H5F/c1-3-4-9-20-24-15(2)27-28(20)14-16-10-12-17(13-11-16)18-7-5-6-8-19(18)21(25-22)26-23;1-2-3/h5-8,10-13H,3-4,9,14,22-23H2,1-2H3,(H,25,26);2H2,1H3. The number of rotatable bonds is 7. The maximum atomic E-state index is 10.3. The van der Waals surface area contributed by atoms with Crippen molar-refractivity contribution >= 4 is 5.84 Å². The maximum Gasteiger partial charge on any atom is 0.167 e. The number of nitrogens with two attached hydrogens (primary N) is 2. The topological polar surface area (TPSA) is 107 Å². The molecule has 1 heterocycles. The first-order valence-corrected chi connectivity index (χ1v) is 10.5. The zero-order chi connectivity index (χ0) is 22.6. The number of alkyl halides is 1. The fourth-order valence-corrected chi connectivity index (χ4v) is 3.23. The van der Waals surface area contributed by atoms with Crippen LogP contribution >= 0.6 is 0 Å². The summed E-state index contributed by atoms with van der Waals surface area (Å²) < 4.78 is 12.3. The highest BCUT2D eigenvalue weighted by molar-refractivity contribution is 6.04. The Morgan fingerprint density at radius 2 is 1.81 bits per heavy atom. The lowest BCUT2D eigenvalue weighted by molar-refractivity contribution is 0.527. The van der Waals surface area contributed by atoms with E-state index >= 15 is 0 Å². The van der Waals surface area contributed by atoms with Crippen LogP contribution in [-0.4, -0.2) is 27.3 Å². The Bertz CT molecular complexity index is 964. The van der Waals surface area contributed by atoms with E-state index in [0.717, 1.165) is 47.6 Å². The maximum absolute atomic E-state index is 10.3. The Morgan fingerprint density at radius 3 is 2.42 bits per heavy atom. The van der Waals surface area contributed by atoms with Crippen molar-refractivity contribution in [3.05, 3.63) is 71.3 Å². The molecule has 0 amide bonds. The molecule has 8 heteroatoms. The lowest BCUT2D eigenvalue weighted by atomic mass is 9.98. The van der Waals surface area contributed by atoms with Crippen LogP contribution in [0.15, 0.2) is 53.6 Å². The van der Waals surface area contributed by atoms with Crippen molar-refractivity contribution in [3.8, 4) is 11.1 Å². The van der Waals surface area contributed by atoms with Crippen LogP contribution in [0.25, 0.3) is 11.1 Å². The molecule has 0 fully saturated rings. The molecule has 3 rings (SSSR count). The predicted octanol–water partition coefficient (Wildman–Crippen LogP) is 3.70. The van der Waals surface area contributed by atoms with Crippen molar-refractivity contribution in [1.82, 2.24) is 20.2 Å². The summed E-state index contributed by atoms with van der Waals surface area (Å²) in [5, 5.41) is 8.29. The second kappa shape index (κ2) is 12.4. The van der Waals surface area contributed by atoms with Crippen molar-refractivity contribution in [3.63, 3.8) is 0 Å². The minimum Gasteiger partial charge on any atom is -0.321 e. The Kier molecular flexibility index (Phi) is 9.64. The third-order valence-corrected chi connectivity index (χ3v) is 4.65. The molecule has 1 aromatic heterocycles. The third kappa shape index (κ3) is 6.62. The van der Waals surface area contributed by atoms with Crippen LogP contribution in [0.2, 0.25) is 0 Å². The molecule has 0 spiro atoms. The number of hydrogen-bond acceptors (Lipinski definition) is 5. The second-order valence-corrected chi connectivity index (χ2v) is 6.97. The van der Waals surface area contributed by atoms with E-state index in [4.69, 9.17) is 11.7 Å². The van der Waals surface area contributed by atoms with E-state index in [2.05, 4.69) is 51.8 Å². The summed E-state index contributed by atoms with van der Waals surface area (Å²) in [7, 11) is 0. The van der Waals surface area contributed by atoms with Crippen molar-refractivity contribution in [1.29, 1.82) is 0 Å². The summed E-state index contributed by atoms with van der Waals surface area (Å²) in [6.45, 7) is 6.04. The fourth-order valence-electron chi connectivity index (χ4n) is 3.23. The number of aryl methyl sites for hydroxylation is 2. The fraction of sp³-hybridized carbons (Fsp3) is 0.348. The van der Waals surface area contributed by atoms with E-state index in [9.17, 15) is 4.39 Å². The van der Waals surface area contributed by atoms with Gasteiger partial charge in [-0.2, -0.15) is 10.2 Å². The van der Waals surface area contributed by atoms with Gasteiger partial charge in [0.05, 0.1) is 13.2 Å². The van der Waals surface area contributed by atoms with Gasteiger partial charge in [0.2, 0.25) is 0 Å². The zero-order valence-corrected chi connectivity index (χ0v) is 18.5. The second-order valence-electron chi connectivity index (χ2n) is 6.97. The van der Waals surface area contributed by atoms with Crippen LogP contribution < -0.4 is 17.1 Å². The molecule has 5 N–H and O–H groups in total. The number of hydrogen-bond donors (Lipinski definition) is 3. The van der Waals surface area contributed by atoms with Crippen LogP contribution in [0.1, 0.15) is 49.5 Å². The van der Waals surface area contributed by atoms with Gasteiger partial charge in [-0.15, -0.1) is 0 Å². The molecule has 166 valence electrons. The minimum absolute atomic E-state index is 0.250. The molecule has 0 aliphatic rings. The molecule has 0 aliphatic carbocycles. The van der Waals surface area contributed by atoms with Crippen LogP contribution in [0.3, 0.4) is 0 Å². The highest BCUT2D eigenvalue weighted by Gasteiger charge is 2.11. The quantitative estimate of drug-likeness (QED) is 0.232. The number of aromatic nitrogens is 3. The van der Waals surface area contributed by atoms with Gasteiger partial charge in [0, 0.05) is 12.0 Å². The third-order valence-electron chi connectivity index (χ3n) is 4.65. The van der Waals surface area contributed by atoms with Crippen LogP contribution in [0.5, 0.6) is 0 Å². The summed E-state index contributed by atoms with van der Waals surface area (Å²) in [5.41, 5.74) is 6.66. The molecule has 31 heavy (non-hydrogen) atoms. The molecule has 0 atom stereocenters. The van der Waals surface area contributed by atoms with Crippen LogP contribution in [0.4, 0.5) is 4.39 Å². The zero-order valence-electron chi connectivity index (χ0n) is 18.5. The Labute approximate surface area is 183 Å². The van der Waals surface area contributed by atoms with E-state index in [1.807, 2.05) is 35.9 Å². The average molecular weight is 426 g/mol. The lowest BCUT2D eigenvalue weighted by Gasteiger charge is -2.12. The highest BCUT2D eigenvalue weighted by Crippen LogP contribution is 2.24. The largest absolute Gasteiger partial charge is 0.321 e. The van der Waals surface area contributed by atoms with Gasteiger partial charge in [-0.05, 0) is 37.0 Å². The van der Waals surface area contributed by atoms with E-state index < -0.39 is 0 Å². The molecule has 0 aliphatic heterocycles. The van der Waals surface area contributed by atoms with E-state index in [-0.39, 0.29) is 6.67 Å². The van der Waals surface area contributed by atoms with Crippen LogP contribution in [0, 0.1) is 6.92 Å². The van der Waals surface area contributed by atoms with Gasteiger partial charge in [0.25, 0.3) is 0 Å². The predicted molar refractivity (Wildman–Crippen MR) is 124 cm³/mol. The Hall–Kier alpha value is -3.26. The summed E-state index contributed by atoms with van der Waals surface area (Å²) >= 11 is 0. The number of nitrogens with one attached hydrogen (secondary N) is 1. The van der Waals surface area contributed by atoms with E-state index in [1.165, 1.54) is 12.5 Å². The molecule has 0 unspecified atom stereocenters. The number of nitrogens with zero attached hydrogens (tertiary/aromatic N) is 4. The average Bonchev–Trinajstić information content (AvgIpc) is 3.13. The summed E-state index contributed by atoms with van der Waals surface area (Å²) in [6, 6.07) is 16.3. The minimum atomic E-state index is -0.250. The Morgan fingerprint density at radius 1 is 1.13 bits per heavy atom. The SMILES string of the molecule is CCCCc1nc(C)nn1Cc1ccc(-c2ccccc2/C(=N/N)NN)cc1.CCF. The van der Waals surface area contributed by atoms with Gasteiger partial charge in [-0.25, -0.2) is 15.5 Å². The van der Waals surface area contributed by atoms with E-state index in [1.54, 1.807) is 0 Å². The monoisotopic (exact) mass is 425 g/mol.